The Morgan fingerprint density at radius 3 is 2.16 bits per heavy atom. The van der Waals surface area contributed by atoms with Crippen molar-refractivity contribution in [3.8, 4) is 0 Å². The van der Waals surface area contributed by atoms with Crippen molar-refractivity contribution in [2.75, 3.05) is 0 Å². The van der Waals surface area contributed by atoms with Gasteiger partial charge in [-0.05, 0) is 48.6 Å². The topological polar surface area (TPSA) is 38.0 Å². The van der Waals surface area contributed by atoms with Gasteiger partial charge in [0.1, 0.15) is 0 Å². The molecule has 1 aliphatic carbocycles. The van der Waals surface area contributed by atoms with Gasteiger partial charge in [-0.2, -0.15) is 0 Å². The number of nitrogens with one attached hydrogen (secondary N) is 1. The van der Waals surface area contributed by atoms with Crippen LogP contribution in [0.25, 0.3) is 0 Å². The minimum atomic E-state index is 0.410. The fourth-order valence-corrected chi connectivity index (χ4v) is 3.63. The number of hydrazine groups is 1. The lowest BCUT2D eigenvalue weighted by molar-refractivity contribution is 0.185. The first kappa shape index (κ1) is 14.5. The molecule has 0 spiro atoms. The van der Waals surface area contributed by atoms with Crippen LogP contribution in [0.3, 0.4) is 0 Å². The highest BCUT2D eigenvalue weighted by atomic mass is 15.2. The predicted molar refractivity (Wildman–Crippen MR) is 81.8 cm³/mol. The minimum absolute atomic E-state index is 0.410. The molecule has 0 saturated heterocycles. The molecule has 2 rings (SSSR count). The van der Waals surface area contributed by atoms with Gasteiger partial charge in [-0.15, -0.1) is 0 Å². The van der Waals surface area contributed by atoms with Gasteiger partial charge >= 0.3 is 0 Å². The van der Waals surface area contributed by atoms with E-state index < -0.39 is 0 Å². The maximum absolute atomic E-state index is 5.87. The first-order chi connectivity index (χ1) is 9.24. The molecule has 1 unspecified atom stereocenters. The number of hydrogen-bond donors (Lipinski definition) is 2. The fraction of sp³-hybridized carbons (Fsp3) is 0.647. The van der Waals surface area contributed by atoms with Gasteiger partial charge in [0.2, 0.25) is 0 Å². The van der Waals surface area contributed by atoms with Crippen molar-refractivity contribution in [1.82, 2.24) is 5.43 Å². The van der Waals surface area contributed by atoms with Crippen LogP contribution in [0.4, 0.5) is 0 Å². The van der Waals surface area contributed by atoms with E-state index in [1.54, 1.807) is 0 Å². The first-order valence-corrected chi connectivity index (χ1v) is 7.78. The molecule has 0 heterocycles. The van der Waals surface area contributed by atoms with Gasteiger partial charge < -0.3 is 0 Å². The van der Waals surface area contributed by atoms with Gasteiger partial charge in [-0.25, -0.2) is 0 Å². The normalized spacial score (nSPS) is 19.5. The summed E-state index contributed by atoms with van der Waals surface area (Å²) in [5, 5.41) is 0. The van der Waals surface area contributed by atoms with Gasteiger partial charge in [0.15, 0.2) is 0 Å². The summed E-state index contributed by atoms with van der Waals surface area (Å²) in [6.45, 7) is 4.51. The van der Waals surface area contributed by atoms with Crippen LogP contribution in [0.1, 0.15) is 57.1 Å². The van der Waals surface area contributed by atoms with Crippen molar-refractivity contribution in [2.45, 2.75) is 64.8 Å². The Morgan fingerprint density at radius 2 is 1.68 bits per heavy atom. The molecule has 19 heavy (non-hydrogen) atoms. The summed E-state index contributed by atoms with van der Waals surface area (Å²) >= 11 is 0. The largest absolute Gasteiger partial charge is 0.271 e. The van der Waals surface area contributed by atoms with Crippen molar-refractivity contribution >= 4 is 0 Å². The van der Waals surface area contributed by atoms with Crippen LogP contribution in [0, 0.1) is 5.41 Å². The summed E-state index contributed by atoms with van der Waals surface area (Å²) in [6.07, 6.45) is 8.76. The molecule has 0 amide bonds. The molecule has 0 aromatic heterocycles. The molecule has 1 aromatic carbocycles. The molecule has 0 bridgehead atoms. The molecule has 0 radical (unpaired) electrons. The molecule has 1 aromatic rings. The molecule has 1 fully saturated rings. The van der Waals surface area contributed by atoms with Crippen molar-refractivity contribution in [1.29, 1.82) is 0 Å². The van der Waals surface area contributed by atoms with Crippen LogP contribution in [0.2, 0.25) is 0 Å². The minimum Gasteiger partial charge on any atom is -0.271 e. The smallest absolute Gasteiger partial charge is 0.0307 e. The lowest BCUT2D eigenvalue weighted by Crippen LogP contribution is -2.48. The highest BCUT2D eigenvalue weighted by molar-refractivity contribution is 5.23. The summed E-state index contributed by atoms with van der Waals surface area (Å²) in [5.74, 6) is 5.87. The Bertz CT molecular complexity index is 377. The third kappa shape index (κ3) is 3.18. The van der Waals surface area contributed by atoms with Crippen LogP contribution in [0.5, 0.6) is 0 Å². The maximum atomic E-state index is 5.87. The van der Waals surface area contributed by atoms with E-state index in [1.165, 1.54) is 43.2 Å². The highest BCUT2D eigenvalue weighted by Crippen LogP contribution is 2.44. The van der Waals surface area contributed by atoms with Crippen LogP contribution in [-0.4, -0.2) is 6.04 Å². The van der Waals surface area contributed by atoms with Crippen LogP contribution in [-0.2, 0) is 12.8 Å². The average molecular weight is 260 g/mol. The standard InChI is InChI=1S/C17H28N2/c1-3-14-7-9-15(10-8-14)13-16(19-18)17(4-2)11-5-6-12-17/h7-10,16,19H,3-6,11-13,18H2,1-2H3. The Hall–Kier alpha value is -0.860. The van der Waals surface area contributed by atoms with Crippen LogP contribution >= 0.6 is 0 Å². The molecule has 106 valence electrons. The van der Waals surface area contributed by atoms with Gasteiger partial charge in [0.05, 0.1) is 0 Å². The van der Waals surface area contributed by atoms with E-state index >= 15 is 0 Å². The Balaban J connectivity index is 2.09. The monoisotopic (exact) mass is 260 g/mol. The van der Waals surface area contributed by atoms with Crippen molar-refractivity contribution < 1.29 is 0 Å². The van der Waals surface area contributed by atoms with Crippen molar-refractivity contribution in [2.24, 2.45) is 11.3 Å². The molecule has 1 saturated carbocycles. The van der Waals surface area contributed by atoms with Crippen molar-refractivity contribution in [3.05, 3.63) is 35.4 Å². The molecular formula is C17H28N2. The average Bonchev–Trinajstić information content (AvgIpc) is 2.95. The zero-order valence-electron chi connectivity index (χ0n) is 12.4. The summed E-state index contributed by atoms with van der Waals surface area (Å²) in [5.41, 5.74) is 6.34. The first-order valence-electron chi connectivity index (χ1n) is 7.78. The van der Waals surface area contributed by atoms with Crippen LogP contribution in [0.15, 0.2) is 24.3 Å². The molecule has 0 aliphatic heterocycles. The van der Waals surface area contributed by atoms with Gasteiger partial charge in [0.25, 0.3) is 0 Å². The third-order valence-electron chi connectivity index (χ3n) is 5.11. The molecular weight excluding hydrogens is 232 g/mol. The summed E-state index contributed by atoms with van der Waals surface area (Å²) in [7, 11) is 0. The Labute approximate surface area is 117 Å². The SMILES string of the molecule is CCc1ccc(CC(NN)C2(CC)CCCC2)cc1. The molecule has 2 nitrogen and oxygen atoms in total. The fourth-order valence-electron chi connectivity index (χ4n) is 3.63. The second-order valence-corrected chi connectivity index (χ2v) is 6.02. The number of aryl methyl sites for hydroxylation is 1. The van der Waals surface area contributed by atoms with E-state index in [0.29, 0.717) is 11.5 Å². The second kappa shape index (κ2) is 6.53. The lowest BCUT2D eigenvalue weighted by atomic mass is 9.74. The quantitative estimate of drug-likeness (QED) is 0.606. The van der Waals surface area contributed by atoms with Crippen LogP contribution < -0.4 is 11.3 Å². The highest BCUT2D eigenvalue weighted by Gasteiger charge is 2.39. The molecule has 2 heteroatoms. The van der Waals surface area contributed by atoms with Gasteiger partial charge in [-0.1, -0.05) is 51.0 Å². The predicted octanol–water partition coefficient (Wildman–Crippen LogP) is 3.59. The van der Waals surface area contributed by atoms with E-state index in [-0.39, 0.29) is 0 Å². The van der Waals surface area contributed by atoms with Gasteiger partial charge in [-0.3, -0.25) is 11.3 Å². The maximum Gasteiger partial charge on any atom is 0.0307 e. The summed E-state index contributed by atoms with van der Waals surface area (Å²) in [6, 6.07) is 9.43. The molecule has 3 N–H and O–H groups in total. The van der Waals surface area contributed by atoms with Gasteiger partial charge in [0, 0.05) is 6.04 Å². The number of nitrogens with two attached hydrogens (primary N) is 1. The lowest BCUT2D eigenvalue weighted by Gasteiger charge is -2.36. The second-order valence-electron chi connectivity index (χ2n) is 6.02. The third-order valence-corrected chi connectivity index (χ3v) is 5.11. The van der Waals surface area contributed by atoms with Crippen molar-refractivity contribution in [3.63, 3.8) is 0 Å². The number of benzene rings is 1. The number of hydrogen-bond acceptors (Lipinski definition) is 2. The Kier molecular flexibility index (Phi) is 5.00. The van der Waals surface area contributed by atoms with E-state index in [0.717, 1.165) is 12.8 Å². The zero-order chi connectivity index (χ0) is 13.7. The van der Waals surface area contributed by atoms with E-state index in [1.807, 2.05) is 0 Å². The molecule has 1 atom stereocenters. The van der Waals surface area contributed by atoms with E-state index in [4.69, 9.17) is 5.84 Å². The zero-order valence-corrected chi connectivity index (χ0v) is 12.4. The summed E-state index contributed by atoms with van der Waals surface area (Å²) in [4.78, 5) is 0. The Morgan fingerprint density at radius 1 is 1.11 bits per heavy atom. The number of rotatable bonds is 6. The summed E-state index contributed by atoms with van der Waals surface area (Å²) < 4.78 is 0. The van der Waals surface area contributed by atoms with E-state index in [9.17, 15) is 0 Å². The molecule has 1 aliphatic rings. The van der Waals surface area contributed by atoms with E-state index in [2.05, 4.69) is 43.5 Å².